The van der Waals surface area contributed by atoms with Gasteiger partial charge in [-0.2, -0.15) is 0 Å². The largest absolute Gasteiger partial charge is 0.516 e. The van der Waals surface area contributed by atoms with E-state index < -0.39 is 24.3 Å². The molecule has 0 fully saturated rings. The van der Waals surface area contributed by atoms with E-state index in [-0.39, 0.29) is 25.6 Å². The molecule has 1 aromatic carbocycles. The predicted molar refractivity (Wildman–Crippen MR) is 86.4 cm³/mol. The number of amides is 1. The third kappa shape index (κ3) is 7.62. The van der Waals surface area contributed by atoms with Gasteiger partial charge >= 0.3 is 18.2 Å². The van der Waals surface area contributed by atoms with Crippen LogP contribution < -0.4 is 5.32 Å². The van der Waals surface area contributed by atoms with E-state index in [9.17, 15) is 14.4 Å². The molecule has 1 atom stereocenters. The van der Waals surface area contributed by atoms with E-state index in [1.165, 1.54) is 0 Å². The fourth-order valence-corrected chi connectivity index (χ4v) is 1.78. The van der Waals surface area contributed by atoms with Crippen LogP contribution in [0.1, 0.15) is 26.3 Å². The van der Waals surface area contributed by atoms with Crippen LogP contribution in [0.25, 0.3) is 0 Å². The molecule has 0 saturated heterocycles. The Hall–Kier alpha value is -2.57. The van der Waals surface area contributed by atoms with Gasteiger partial charge in [0, 0.05) is 6.42 Å². The van der Waals surface area contributed by atoms with Crippen molar-refractivity contribution in [3.05, 3.63) is 35.9 Å². The first-order valence-corrected chi connectivity index (χ1v) is 7.78. The van der Waals surface area contributed by atoms with Crippen molar-refractivity contribution >= 4 is 18.2 Å². The molecule has 0 radical (unpaired) electrons. The number of rotatable bonds is 7. The molecule has 0 spiro atoms. The molecule has 1 amide bonds. The smallest absolute Gasteiger partial charge is 0.450 e. The molecule has 7 heteroatoms. The number of hydrogen-bond donors (Lipinski definition) is 1. The quantitative estimate of drug-likeness (QED) is 0.607. The third-order valence-electron chi connectivity index (χ3n) is 2.85. The number of alkyl carbamates (subject to hydrolysis) is 1. The van der Waals surface area contributed by atoms with Gasteiger partial charge in [0.25, 0.3) is 0 Å². The Morgan fingerprint density at radius 1 is 1.08 bits per heavy atom. The van der Waals surface area contributed by atoms with Crippen LogP contribution in [0.3, 0.4) is 0 Å². The Bertz CT molecular complexity index is 543. The molecule has 0 aromatic heterocycles. The second-order valence-electron chi connectivity index (χ2n) is 5.48. The lowest BCUT2D eigenvalue weighted by Crippen LogP contribution is -2.44. The molecule has 0 saturated carbocycles. The fourth-order valence-electron chi connectivity index (χ4n) is 1.78. The maximum absolute atomic E-state index is 12.1. The molecule has 1 aromatic rings. The highest BCUT2D eigenvalue weighted by molar-refractivity contribution is 5.88. The zero-order valence-corrected chi connectivity index (χ0v) is 14.1. The summed E-state index contributed by atoms with van der Waals surface area (Å²) in [6.45, 7) is 5.66. The molecular weight excluding hydrogens is 314 g/mol. The first-order chi connectivity index (χ1) is 11.4. The van der Waals surface area contributed by atoms with Crippen LogP contribution in [0.4, 0.5) is 9.59 Å². The van der Waals surface area contributed by atoms with E-state index in [1.54, 1.807) is 31.2 Å². The van der Waals surface area contributed by atoms with Crippen LogP contribution in [-0.2, 0) is 25.4 Å². The maximum Gasteiger partial charge on any atom is 0.516 e. The average Bonchev–Trinajstić information content (AvgIpc) is 2.53. The number of esters is 1. The number of nitrogens with one attached hydrogen (secondary N) is 1. The van der Waals surface area contributed by atoms with Crippen molar-refractivity contribution in [2.75, 3.05) is 13.2 Å². The van der Waals surface area contributed by atoms with Gasteiger partial charge in [-0.25, -0.2) is 14.4 Å². The molecule has 1 N–H and O–H groups in total. The summed E-state index contributed by atoms with van der Waals surface area (Å²) in [5, 5.41) is 2.39. The Balaban J connectivity index is 2.70. The highest BCUT2D eigenvalue weighted by atomic mass is 16.7. The van der Waals surface area contributed by atoms with E-state index in [0.29, 0.717) is 0 Å². The normalized spacial score (nSPS) is 11.5. The van der Waals surface area contributed by atoms with Crippen molar-refractivity contribution in [1.82, 2.24) is 5.32 Å². The Morgan fingerprint density at radius 3 is 2.33 bits per heavy atom. The van der Waals surface area contributed by atoms with E-state index in [1.807, 2.05) is 19.9 Å². The van der Waals surface area contributed by atoms with Gasteiger partial charge in [0.15, 0.2) is 0 Å². The molecule has 0 unspecified atom stereocenters. The maximum atomic E-state index is 12.1. The van der Waals surface area contributed by atoms with Crippen LogP contribution in [-0.4, -0.2) is 37.5 Å². The molecule has 1 rings (SSSR count). The minimum absolute atomic E-state index is 0.116. The zero-order chi connectivity index (χ0) is 17.9. The Morgan fingerprint density at radius 2 is 1.75 bits per heavy atom. The first-order valence-electron chi connectivity index (χ1n) is 7.78. The van der Waals surface area contributed by atoms with Gasteiger partial charge in [0.1, 0.15) is 6.04 Å². The summed E-state index contributed by atoms with van der Waals surface area (Å²) in [6, 6.07) is 7.98. The Labute approximate surface area is 141 Å². The van der Waals surface area contributed by atoms with E-state index in [2.05, 4.69) is 10.1 Å². The monoisotopic (exact) mass is 337 g/mol. The van der Waals surface area contributed by atoms with E-state index in [0.717, 1.165) is 5.56 Å². The first kappa shape index (κ1) is 19.5. The molecule has 0 bridgehead atoms. The molecule has 0 heterocycles. The lowest BCUT2D eigenvalue weighted by molar-refractivity contribution is -0.142. The molecule has 0 aliphatic rings. The van der Waals surface area contributed by atoms with E-state index >= 15 is 0 Å². The molecule has 0 aliphatic carbocycles. The second kappa shape index (κ2) is 10.3. The minimum Gasteiger partial charge on any atom is -0.450 e. The van der Waals surface area contributed by atoms with Crippen LogP contribution >= 0.6 is 0 Å². The van der Waals surface area contributed by atoms with Gasteiger partial charge in [0.05, 0.1) is 13.2 Å². The predicted octanol–water partition coefficient (Wildman–Crippen LogP) is 2.68. The fraction of sp³-hybridized carbons (Fsp3) is 0.471. The summed E-state index contributed by atoms with van der Waals surface area (Å²) < 4.78 is 14.2. The van der Waals surface area contributed by atoms with Crippen molar-refractivity contribution in [2.24, 2.45) is 5.92 Å². The summed E-state index contributed by atoms with van der Waals surface area (Å²) in [6.07, 6.45) is -1.68. The molecule has 132 valence electrons. The molecule has 24 heavy (non-hydrogen) atoms. The molecular formula is C17H23NO6. The number of benzene rings is 1. The van der Waals surface area contributed by atoms with Gasteiger partial charge in [0.2, 0.25) is 0 Å². The van der Waals surface area contributed by atoms with Crippen LogP contribution in [0, 0.1) is 5.92 Å². The minimum atomic E-state index is -1.09. The van der Waals surface area contributed by atoms with Crippen molar-refractivity contribution in [3.8, 4) is 0 Å². The lowest BCUT2D eigenvalue weighted by atomic mass is 10.1. The van der Waals surface area contributed by atoms with Crippen molar-refractivity contribution in [2.45, 2.75) is 33.2 Å². The van der Waals surface area contributed by atoms with Gasteiger partial charge in [-0.3, -0.25) is 0 Å². The topological polar surface area (TPSA) is 90.9 Å². The highest BCUT2D eigenvalue weighted by Gasteiger charge is 2.26. The number of hydrogen-bond acceptors (Lipinski definition) is 6. The van der Waals surface area contributed by atoms with Crippen LogP contribution in [0.15, 0.2) is 30.3 Å². The number of ether oxygens (including phenoxy) is 3. The highest BCUT2D eigenvalue weighted by Crippen LogP contribution is 2.06. The average molecular weight is 337 g/mol. The summed E-state index contributed by atoms with van der Waals surface area (Å²) in [5.74, 6) is -0.786. The van der Waals surface area contributed by atoms with Gasteiger partial charge < -0.3 is 19.5 Å². The van der Waals surface area contributed by atoms with Gasteiger partial charge in [-0.1, -0.05) is 44.2 Å². The summed E-state index contributed by atoms with van der Waals surface area (Å²) in [5.41, 5.74) is 0.798. The summed E-state index contributed by atoms with van der Waals surface area (Å²) >= 11 is 0. The SMILES string of the molecule is CCOC(=O)N[C@@H](Cc1ccccc1)C(=O)OC(=O)OCC(C)C. The second-order valence-corrected chi connectivity index (χ2v) is 5.48. The number of carbonyl (C=O) groups is 3. The summed E-state index contributed by atoms with van der Waals surface area (Å²) in [7, 11) is 0. The standard InChI is InChI=1S/C17H23NO6/c1-4-22-16(20)18-14(10-13-8-6-5-7-9-13)15(19)24-17(21)23-11-12(2)3/h5-9,12,14H,4,10-11H2,1-3H3,(H,18,20)/t14-/m0/s1. The van der Waals surface area contributed by atoms with Crippen LogP contribution in [0.2, 0.25) is 0 Å². The van der Waals surface area contributed by atoms with Crippen molar-refractivity contribution in [3.63, 3.8) is 0 Å². The van der Waals surface area contributed by atoms with Gasteiger partial charge in [-0.15, -0.1) is 0 Å². The lowest BCUT2D eigenvalue weighted by Gasteiger charge is -2.17. The zero-order valence-electron chi connectivity index (χ0n) is 14.1. The Kier molecular flexibility index (Phi) is 8.32. The van der Waals surface area contributed by atoms with Gasteiger partial charge in [-0.05, 0) is 18.4 Å². The third-order valence-corrected chi connectivity index (χ3v) is 2.85. The van der Waals surface area contributed by atoms with E-state index in [4.69, 9.17) is 9.47 Å². The molecule has 0 aliphatic heterocycles. The number of carbonyl (C=O) groups excluding carboxylic acids is 3. The van der Waals surface area contributed by atoms with Crippen molar-refractivity contribution < 1.29 is 28.6 Å². The summed E-state index contributed by atoms with van der Waals surface area (Å²) in [4.78, 5) is 35.3. The van der Waals surface area contributed by atoms with Crippen LogP contribution in [0.5, 0.6) is 0 Å². The van der Waals surface area contributed by atoms with Crippen molar-refractivity contribution in [1.29, 1.82) is 0 Å². The molecule has 7 nitrogen and oxygen atoms in total.